The number of hydrogen-bond donors (Lipinski definition) is 2. The van der Waals surface area contributed by atoms with Crippen molar-refractivity contribution < 1.29 is 10.2 Å². The summed E-state index contributed by atoms with van der Waals surface area (Å²) in [6.07, 6.45) is 13.6. The molecule has 0 aliphatic rings. The van der Waals surface area contributed by atoms with Crippen LogP contribution >= 0.6 is 0 Å². The molecule has 0 rings (SSSR count). The molecule has 0 saturated carbocycles. The molecule has 0 aromatic heterocycles. The van der Waals surface area contributed by atoms with Gasteiger partial charge in [0, 0.05) is 5.92 Å². The smallest absolute Gasteiger partial charge is 0.0858 e. The van der Waals surface area contributed by atoms with E-state index in [2.05, 4.69) is 53.7 Å². The minimum absolute atomic E-state index is 0.0113. The first-order valence-corrected chi connectivity index (χ1v) is 11.7. The molecule has 0 spiro atoms. The van der Waals surface area contributed by atoms with Gasteiger partial charge in [-0.05, 0) is 36.5 Å². The van der Waals surface area contributed by atoms with Gasteiger partial charge in [0.15, 0.2) is 0 Å². The summed E-state index contributed by atoms with van der Waals surface area (Å²) < 4.78 is 0. The number of aliphatic hydroxyl groups is 2. The SMILES string of the molecule is CCC(C)C/C=C/C(C)C(O)C(O)CC(C)CCCC(C)CCCC(C)C. The topological polar surface area (TPSA) is 40.5 Å². The molecule has 0 bridgehead atoms. The van der Waals surface area contributed by atoms with Crippen LogP contribution in [0, 0.1) is 29.6 Å². The number of rotatable bonds is 16. The van der Waals surface area contributed by atoms with E-state index in [1.54, 1.807) is 0 Å². The van der Waals surface area contributed by atoms with Gasteiger partial charge < -0.3 is 10.2 Å². The fourth-order valence-electron chi connectivity index (χ4n) is 3.66. The second-order valence-corrected chi connectivity index (χ2v) is 9.80. The Kier molecular flexibility index (Phi) is 15.4. The average molecular weight is 383 g/mol. The maximum Gasteiger partial charge on any atom is 0.0858 e. The van der Waals surface area contributed by atoms with Crippen LogP contribution in [0.25, 0.3) is 0 Å². The van der Waals surface area contributed by atoms with Gasteiger partial charge in [-0.1, -0.05) is 106 Å². The van der Waals surface area contributed by atoms with Crippen LogP contribution < -0.4 is 0 Å². The second-order valence-electron chi connectivity index (χ2n) is 9.80. The summed E-state index contributed by atoms with van der Waals surface area (Å²) in [5.41, 5.74) is 0. The Balaban J connectivity index is 4.02. The molecule has 0 aromatic rings. The van der Waals surface area contributed by atoms with E-state index in [0.29, 0.717) is 18.3 Å². The Morgan fingerprint density at radius 3 is 1.85 bits per heavy atom. The van der Waals surface area contributed by atoms with Gasteiger partial charge in [0.1, 0.15) is 0 Å². The molecule has 0 aromatic carbocycles. The van der Waals surface area contributed by atoms with Gasteiger partial charge in [0.25, 0.3) is 0 Å². The average Bonchev–Trinajstić information content (AvgIpc) is 2.60. The minimum atomic E-state index is -0.657. The van der Waals surface area contributed by atoms with E-state index in [1.807, 2.05) is 6.92 Å². The molecule has 2 nitrogen and oxygen atoms in total. The Morgan fingerprint density at radius 2 is 1.30 bits per heavy atom. The van der Waals surface area contributed by atoms with Gasteiger partial charge in [-0.15, -0.1) is 0 Å². The van der Waals surface area contributed by atoms with Crippen molar-refractivity contribution in [3.8, 4) is 0 Å². The molecule has 0 aliphatic carbocycles. The van der Waals surface area contributed by atoms with Crippen LogP contribution in [-0.2, 0) is 0 Å². The van der Waals surface area contributed by atoms with Crippen molar-refractivity contribution in [1.29, 1.82) is 0 Å². The Labute approximate surface area is 170 Å². The quantitative estimate of drug-likeness (QED) is 0.282. The standard InChI is InChI=1S/C25H50O2/c1-8-20(4)13-11-17-23(7)25(27)24(26)18-22(6)16-10-15-21(5)14-9-12-19(2)3/h11,17,19-27H,8-10,12-16,18H2,1-7H3/b17-11+. The van der Waals surface area contributed by atoms with Gasteiger partial charge in [-0.3, -0.25) is 0 Å². The van der Waals surface area contributed by atoms with E-state index < -0.39 is 12.2 Å². The summed E-state index contributed by atoms with van der Waals surface area (Å²) in [5.74, 6) is 2.79. The fraction of sp³-hybridized carbons (Fsp3) is 0.920. The first-order valence-electron chi connectivity index (χ1n) is 11.7. The summed E-state index contributed by atoms with van der Waals surface area (Å²) in [7, 11) is 0. The van der Waals surface area contributed by atoms with E-state index >= 15 is 0 Å². The van der Waals surface area contributed by atoms with Crippen molar-refractivity contribution in [2.24, 2.45) is 29.6 Å². The fourth-order valence-corrected chi connectivity index (χ4v) is 3.66. The molecule has 0 aliphatic heterocycles. The van der Waals surface area contributed by atoms with Crippen molar-refractivity contribution >= 4 is 0 Å². The van der Waals surface area contributed by atoms with Crippen molar-refractivity contribution in [2.45, 2.75) is 118 Å². The molecule has 0 radical (unpaired) electrons. The van der Waals surface area contributed by atoms with E-state index in [-0.39, 0.29) is 5.92 Å². The van der Waals surface area contributed by atoms with Crippen LogP contribution in [0.2, 0.25) is 0 Å². The lowest BCUT2D eigenvalue weighted by atomic mass is 9.88. The van der Waals surface area contributed by atoms with Crippen LogP contribution in [0.4, 0.5) is 0 Å². The van der Waals surface area contributed by atoms with Crippen LogP contribution in [0.15, 0.2) is 12.2 Å². The second kappa shape index (κ2) is 15.6. The lowest BCUT2D eigenvalue weighted by molar-refractivity contribution is -0.0136. The zero-order chi connectivity index (χ0) is 20.8. The van der Waals surface area contributed by atoms with Crippen molar-refractivity contribution in [2.75, 3.05) is 0 Å². The van der Waals surface area contributed by atoms with Crippen molar-refractivity contribution in [3.05, 3.63) is 12.2 Å². The molecule has 6 atom stereocenters. The van der Waals surface area contributed by atoms with E-state index in [1.165, 1.54) is 38.5 Å². The van der Waals surface area contributed by atoms with Gasteiger partial charge >= 0.3 is 0 Å². The highest BCUT2D eigenvalue weighted by atomic mass is 16.3. The Bertz CT molecular complexity index is 363. The Hall–Kier alpha value is -0.340. The van der Waals surface area contributed by atoms with Gasteiger partial charge in [-0.2, -0.15) is 0 Å². The lowest BCUT2D eigenvalue weighted by Gasteiger charge is -2.24. The van der Waals surface area contributed by atoms with Crippen LogP contribution in [0.5, 0.6) is 0 Å². The summed E-state index contributed by atoms with van der Waals surface area (Å²) in [5, 5.41) is 20.8. The molecule has 2 N–H and O–H groups in total. The minimum Gasteiger partial charge on any atom is -0.390 e. The molecule has 0 fully saturated rings. The summed E-state index contributed by atoms with van der Waals surface area (Å²) in [6.45, 7) is 15.6. The number of aliphatic hydroxyl groups excluding tert-OH is 2. The molecule has 0 heterocycles. The third kappa shape index (κ3) is 14.3. The van der Waals surface area contributed by atoms with Crippen molar-refractivity contribution in [1.82, 2.24) is 0 Å². The lowest BCUT2D eigenvalue weighted by Crippen LogP contribution is -2.32. The van der Waals surface area contributed by atoms with E-state index in [0.717, 1.165) is 24.7 Å². The highest BCUT2D eigenvalue weighted by Gasteiger charge is 2.23. The zero-order valence-electron chi connectivity index (χ0n) is 19.5. The first-order chi connectivity index (χ1) is 12.7. The predicted octanol–water partition coefficient (Wildman–Crippen LogP) is 7.00. The summed E-state index contributed by atoms with van der Waals surface area (Å²) in [4.78, 5) is 0. The van der Waals surface area contributed by atoms with Crippen LogP contribution in [0.1, 0.15) is 106 Å². The third-order valence-electron chi connectivity index (χ3n) is 6.12. The van der Waals surface area contributed by atoms with Gasteiger partial charge in [0.2, 0.25) is 0 Å². The van der Waals surface area contributed by atoms with E-state index in [9.17, 15) is 10.2 Å². The molecule has 0 amide bonds. The number of allylic oxidation sites excluding steroid dienone is 1. The molecule has 0 saturated heterocycles. The van der Waals surface area contributed by atoms with Crippen LogP contribution in [-0.4, -0.2) is 22.4 Å². The summed E-state index contributed by atoms with van der Waals surface area (Å²) in [6, 6.07) is 0. The first kappa shape index (κ1) is 26.7. The largest absolute Gasteiger partial charge is 0.390 e. The third-order valence-corrected chi connectivity index (χ3v) is 6.12. The van der Waals surface area contributed by atoms with Crippen molar-refractivity contribution in [3.63, 3.8) is 0 Å². The monoisotopic (exact) mass is 382 g/mol. The molecular formula is C25H50O2. The number of hydrogen-bond acceptors (Lipinski definition) is 2. The molecular weight excluding hydrogens is 332 g/mol. The molecule has 2 heteroatoms. The van der Waals surface area contributed by atoms with Crippen LogP contribution in [0.3, 0.4) is 0 Å². The van der Waals surface area contributed by atoms with Gasteiger partial charge in [-0.25, -0.2) is 0 Å². The molecule has 27 heavy (non-hydrogen) atoms. The van der Waals surface area contributed by atoms with Gasteiger partial charge in [0.05, 0.1) is 12.2 Å². The molecule has 6 unspecified atom stereocenters. The van der Waals surface area contributed by atoms with E-state index in [4.69, 9.17) is 0 Å². The molecule has 162 valence electrons. The summed E-state index contributed by atoms with van der Waals surface area (Å²) >= 11 is 0. The zero-order valence-corrected chi connectivity index (χ0v) is 19.5. The normalized spacial score (nSPS) is 19.2. The maximum atomic E-state index is 10.4. The highest BCUT2D eigenvalue weighted by Crippen LogP contribution is 2.23. The highest BCUT2D eigenvalue weighted by molar-refractivity contribution is 4.92. The predicted molar refractivity (Wildman–Crippen MR) is 120 cm³/mol. The Morgan fingerprint density at radius 1 is 0.741 bits per heavy atom. The maximum absolute atomic E-state index is 10.4.